The van der Waals surface area contributed by atoms with Gasteiger partial charge in [0, 0.05) is 47.3 Å². The van der Waals surface area contributed by atoms with E-state index in [0.29, 0.717) is 23.5 Å². The molecule has 4 fully saturated rings. The summed E-state index contributed by atoms with van der Waals surface area (Å²) in [5.41, 5.74) is 3.59. The first-order chi connectivity index (χ1) is 17.8. The Bertz CT molecular complexity index is 1190. The number of fused-ring (bicyclic) bond motifs is 4. The number of hydrogen-bond acceptors (Lipinski definition) is 5. The number of rotatable bonds is 3. The Kier molecular flexibility index (Phi) is 12.3. The molecule has 0 spiro atoms. The fourth-order valence-electron chi connectivity index (χ4n) is 6.69. The highest BCUT2D eigenvalue weighted by atomic mass is 35.5. The van der Waals surface area contributed by atoms with Crippen LogP contribution in [0.5, 0.6) is 0 Å². The molecule has 2 N–H and O–H groups in total. The molecule has 4 bridgehead atoms. The molecule has 0 saturated carbocycles. The van der Waals surface area contributed by atoms with Crippen LogP contribution in [0.15, 0.2) is 36.4 Å². The molecule has 2 aromatic carbocycles. The first kappa shape index (κ1) is 37.4. The van der Waals surface area contributed by atoms with Crippen LogP contribution >= 0.6 is 24.8 Å². The molecule has 6 rings (SSSR count). The van der Waals surface area contributed by atoms with Crippen molar-refractivity contribution in [3.05, 3.63) is 57.6 Å². The summed E-state index contributed by atoms with van der Waals surface area (Å²) in [5, 5.41) is 10.7. The smallest absolute Gasteiger partial charge is 0.398 e. The topological polar surface area (TPSA) is 75.6 Å². The fraction of sp³-hybridized carbons (Fsp3) is 0.571. The van der Waals surface area contributed by atoms with Crippen molar-refractivity contribution in [1.29, 1.82) is 0 Å². The van der Waals surface area contributed by atoms with Gasteiger partial charge >= 0.3 is 12.4 Å². The van der Waals surface area contributed by atoms with E-state index < -0.39 is 34.1 Å². The minimum atomic E-state index is -4.71. The highest BCUT2D eigenvalue weighted by Crippen LogP contribution is 2.45. The molecule has 4 aliphatic heterocycles. The second-order valence-electron chi connectivity index (χ2n) is 10.5. The number of benzene rings is 2. The molecular weight excluding hydrogens is 609 g/mol. The van der Waals surface area contributed by atoms with Gasteiger partial charge in [0.25, 0.3) is 5.69 Å². The lowest BCUT2D eigenvalue weighted by molar-refractivity contribution is -0.388. The number of nitro groups is 1. The van der Waals surface area contributed by atoms with Gasteiger partial charge in [-0.05, 0) is 81.7 Å². The third-order valence-corrected chi connectivity index (χ3v) is 8.33. The van der Waals surface area contributed by atoms with E-state index in [0.717, 1.165) is 63.5 Å². The summed E-state index contributed by atoms with van der Waals surface area (Å²) in [6.45, 7) is 0. The Morgan fingerprint density at radius 1 is 0.667 bits per heavy atom. The van der Waals surface area contributed by atoms with Crippen molar-refractivity contribution in [1.82, 2.24) is 0 Å². The van der Waals surface area contributed by atoms with Gasteiger partial charge < -0.3 is 15.5 Å². The lowest BCUT2D eigenvalue weighted by Gasteiger charge is -2.25. The highest BCUT2D eigenvalue weighted by molar-refractivity contribution is 5.85. The van der Waals surface area contributed by atoms with Crippen molar-refractivity contribution in [3.63, 3.8) is 0 Å². The van der Waals surface area contributed by atoms with Crippen molar-refractivity contribution >= 4 is 47.6 Å². The van der Waals surface area contributed by atoms with E-state index >= 15 is 0 Å². The van der Waals surface area contributed by atoms with E-state index in [2.05, 4.69) is 4.90 Å². The summed E-state index contributed by atoms with van der Waals surface area (Å²) in [7, 11) is 0. The first-order valence-electron chi connectivity index (χ1n) is 12.7. The van der Waals surface area contributed by atoms with Crippen molar-refractivity contribution in [3.8, 4) is 0 Å². The van der Waals surface area contributed by atoms with Gasteiger partial charge in [0.2, 0.25) is 0 Å². The Morgan fingerprint density at radius 2 is 1.00 bits per heavy atom. The normalized spacial score (nSPS) is 23.6. The Balaban J connectivity index is 0.000000385. The van der Waals surface area contributed by atoms with Crippen LogP contribution in [0.1, 0.15) is 77.3 Å². The quantitative estimate of drug-likeness (QED) is 0.156. The SMILES string of the molecule is C.C.Cl.Cl.Nc1ccc(N2C3CCC2CC3)cc1C(F)(F)F.O=[N+]([O-])c1ccc(N2C3CCC2CC3)cc1C(F)(F)F. The van der Waals surface area contributed by atoms with Crippen LogP contribution in [0.2, 0.25) is 0 Å². The molecule has 0 amide bonds. The van der Waals surface area contributed by atoms with E-state index in [1.54, 1.807) is 6.07 Å². The number of hydrogen-bond donors (Lipinski definition) is 1. The number of nitrogen functional groups attached to an aromatic ring is 1. The van der Waals surface area contributed by atoms with Crippen molar-refractivity contribution in [2.75, 3.05) is 15.5 Å². The Hall–Kier alpha value is -2.60. The van der Waals surface area contributed by atoms with Crippen LogP contribution in [0, 0.1) is 10.1 Å². The Morgan fingerprint density at radius 3 is 1.33 bits per heavy atom. The minimum Gasteiger partial charge on any atom is -0.398 e. The molecule has 0 aromatic heterocycles. The maximum absolute atomic E-state index is 13.0. The number of anilines is 3. The number of nitrogens with zero attached hydrogens (tertiary/aromatic N) is 3. The first-order valence-corrected chi connectivity index (χ1v) is 12.7. The van der Waals surface area contributed by atoms with Gasteiger partial charge in [-0.2, -0.15) is 26.3 Å². The molecule has 4 saturated heterocycles. The van der Waals surface area contributed by atoms with Crippen LogP contribution in [0.3, 0.4) is 0 Å². The van der Waals surface area contributed by atoms with E-state index in [1.165, 1.54) is 18.2 Å². The van der Waals surface area contributed by atoms with Gasteiger partial charge in [-0.25, -0.2) is 0 Å². The number of halogens is 8. The van der Waals surface area contributed by atoms with Gasteiger partial charge in [0.05, 0.1) is 10.5 Å². The predicted molar refractivity (Wildman–Crippen MR) is 159 cm³/mol. The maximum atomic E-state index is 13.0. The molecule has 6 nitrogen and oxygen atoms in total. The number of nitrogens with two attached hydrogens (primary N) is 1. The van der Waals surface area contributed by atoms with E-state index in [1.807, 2.05) is 4.90 Å². The summed E-state index contributed by atoms with van der Waals surface area (Å²) in [4.78, 5) is 13.9. The fourth-order valence-corrected chi connectivity index (χ4v) is 6.69. The molecule has 14 heteroatoms. The number of alkyl halides is 6. The Labute approximate surface area is 254 Å². The van der Waals surface area contributed by atoms with Crippen molar-refractivity contribution < 1.29 is 31.3 Å². The second kappa shape index (κ2) is 13.8. The van der Waals surface area contributed by atoms with Gasteiger partial charge in [0.1, 0.15) is 5.56 Å². The van der Waals surface area contributed by atoms with Gasteiger partial charge in [-0.1, -0.05) is 14.9 Å². The van der Waals surface area contributed by atoms with Gasteiger partial charge in [-0.15, -0.1) is 24.8 Å². The summed E-state index contributed by atoms with van der Waals surface area (Å²) in [6.07, 6.45) is -0.756. The van der Waals surface area contributed by atoms with Crippen molar-refractivity contribution in [2.24, 2.45) is 0 Å². The maximum Gasteiger partial charge on any atom is 0.423 e. The predicted octanol–water partition coefficient (Wildman–Crippen LogP) is 9.28. The summed E-state index contributed by atoms with van der Waals surface area (Å²) in [5.74, 6) is 0. The molecule has 4 heterocycles. The van der Waals surface area contributed by atoms with Crippen LogP contribution in [0.25, 0.3) is 0 Å². The van der Waals surface area contributed by atoms with Crippen molar-refractivity contribution in [2.45, 2.75) is 103 Å². The van der Waals surface area contributed by atoms with Crippen LogP contribution < -0.4 is 15.5 Å². The minimum absolute atomic E-state index is 0. The molecule has 0 aliphatic carbocycles. The second-order valence-corrected chi connectivity index (χ2v) is 10.5. The lowest BCUT2D eigenvalue weighted by atomic mass is 10.0. The van der Waals surface area contributed by atoms with E-state index in [4.69, 9.17) is 5.73 Å². The number of nitro benzene ring substituents is 1. The molecule has 238 valence electrons. The zero-order chi connectivity index (χ0) is 27.4. The van der Waals surface area contributed by atoms with Gasteiger partial charge in [0.15, 0.2) is 0 Å². The average Bonchev–Trinajstić information content (AvgIpc) is 3.64. The summed E-state index contributed by atoms with van der Waals surface area (Å²) < 4.78 is 77.4. The third-order valence-electron chi connectivity index (χ3n) is 8.33. The van der Waals surface area contributed by atoms with E-state index in [-0.39, 0.29) is 57.4 Å². The molecule has 4 aliphatic rings. The van der Waals surface area contributed by atoms with Gasteiger partial charge in [-0.3, -0.25) is 10.1 Å². The zero-order valence-electron chi connectivity index (χ0n) is 21.3. The molecule has 0 radical (unpaired) electrons. The molecule has 2 aromatic rings. The zero-order valence-corrected chi connectivity index (χ0v) is 22.9. The van der Waals surface area contributed by atoms with Crippen LogP contribution in [-0.2, 0) is 12.4 Å². The molecule has 42 heavy (non-hydrogen) atoms. The third kappa shape index (κ3) is 7.12. The molecule has 0 atom stereocenters. The largest absolute Gasteiger partial charge is 0.423 e. The summed E-state index contributed by atoms with van der Waals surface area (Å²) in [6, 6.07) is 9.00. The lowest BCUT2D eigenvalue weighted by Crippen LogP contribution is -2.28. The summed E-state index contributed by atoms with van der Waals surface area (Å²) >= 11 is 0. The standard InChI is InChI=1S/C13H13F3N2O2.C13H15F3N2.2CH4.2ClH/c14-13(15,16)11-7-10(5-6-12(11)18(19)20)17-8-1-2-9(17)4-3-8;14-13(15,16)11-7-10(5-6-12(11)17)18-8-1-2-9(18)4-3-8;;;;/h5-9H,1-4H2;5-9H,1-4,17H2;2*1H4;2*1H. The highest BCUT2D eigenvalue weighted by Gasteiger charge is 2.43. The van der Waals surface area contributed by atoms with E-state index in [9.17, 15) is 36.5 Å². The monoisotopic (exact) mass is 646 g/mol. The average molecular weight is 648 g/mol. The molecular formula is C28H38Cl2F6N4O2. The van der Waals surface area contributed by atoms with Crippen LogP contribution in [0.4, 0.5) is 49.1 Å². The van der Waals surface area contributed by atoms with Crippen LogP contribution in [-0.4, -0.2) is 29.1 Å². The molecule has 0 unspecified atom stereocenters.